The Labute approximate surface area is 121 Å². The topological polar surface area (TPSA) is 70.8 Å². The molecule has 2 fully saturated rings. The third kappa shape index (κ3) is 4.41. The molecule has 0 bridgehead atoms. The Kier molecular flexibility index (Phi) is 6.22. The second kappa shape index (κ2) is 7.93. The van der Waals surface area contributed by atoms with Crippen molar-refractivity contribution in [2.75, 3.05) is 53.0 Å². The lowest BCUT2D eigenvalue weighted by atomic mass is 10.1. The average molecular weight is 284 g/mol. The van der Waals surface area contributed by atoms with Crippen LogP contribution in [0.2, 0.25) is 0 Å². The van der Waals surface area contributed by atoms with Crippen molar-refractivity contribution in [2.45, 2.75) is 31.3 Å². The van der Waals surface area contributed by atoms with Crippen LogP contribution in [0, 0.1) is 0 Å². The predicted molar refractivity (Wildman–Crippen MR) is 78.5 cm³/mol. The maximum atomic E-state index is 12.3. The number of rotatable bonds is 6. The van der Waals surface area contributed by atoms with Gasteiger partial charge in [0.1, 0.15) is 0 Å². The summed E-state index contributed by atoms with van der Waals surface area (Å²) in [6.45, 7) is 6.36. The highest BCUT2D eigenvalue weighted by Gasteiger charge is 2.31. The van der Waals surface area contributed by atoms with Gasteiger partial charge >= 0.3 is 0 Å². The molecule has 2 aliphatic rings. The number of piperazine rings is 1. The van der Waals surface area contributed by atoms with Gasteiger partial charge in [0, 0.05) is 52.5 Å². The van der Waals surface area contributed by atoms with Crippen LogP contribution >= 0.6 is 0 Å². The third-order valence-corrected chi connectivity index (χ3v) is 4.22. The summed E-state index contributed by atoms with van der Waals surface area (Å²) in [5.41, 5.74) is 5.84. The molecule has 0 unspecified atom stereocenters. The second-order valence-corrected chi connectivity index (χ2v) is 5.82. The lowest BCUT2D eigenvalue weighted by Crippen LogP contribution is -2.53. The fourth-order valence-corrected chi connectivity index (χ4v) is 2.95. The minimum Gasteiger partial charge on any atom is -0.385 e. The van der Waals surface area contributed by atoms with Crippen molar-refractivity contribution in [1.29, 1.82) is 0 Å². The molecule has 6 heteroatoms. The SMILES string of the molecule is COCCCCN1CCN(C(=O)[C@@H]2C[C@@H](N)CN2)CC1. The summed E-state index contributed by atoms with van der Waals surface area (Å²) < 4.78 is 5.06. The normalized spacial score (nSPS) is 28.0. The first-order valence-electron chi connectivity index (χ1n) is 7.69. The van der Waals surface area contributed by atoms with Gasteiger partial charge < -0.3 is 20.7 Å². The Morgan fingerprint density at radius 2 is 2.05 bits per heavy atom. The molecule has 2 saturated heterocycles. The summed E-state index contributed by atoms with van der Waals surface area (Å²) in [7, 11) is 1.74. The lowest BCUT2D eigenvalue weighted by Gasteiger charge is -2.36. The maximum Gasteiger partial charge on any atom is 0.239 e. The van der Waals surface area contributed by atoms with Crippen LogP contribution in [-0.4, -0.2) is 80.8 Å². The largest absolute Gasteiger partial charge is 0.385 e. The Bertz CT molecular complexity index is 306. The van der Waals surface area contributed by atoms with Crippen molar-refractivity contribution in [1.82, 2.24) is 15.1 Å². The molecule has 0 saturated carbocycles. The van der Waals surface area contributed by atoms with Crippen molar-refractivity contribution in [2.24, 2.45) is 5.73 Å². The van der Waals surface area contributed by atoms with Gasteiger partial charge in [-0.15, -0.1) is 0 Å². The van der Waals surface area contributed by atoms with Crippen LogP contribution in [-0.2, 0) is 9.53 Å². The molecule has 2 heterocycles. The second-order valence-electron chi connectivity index (χ2n) is 5.82. The van der Waals surface area contributed by atoms with Gasteiger partial charge in [-0.25, -0.2) is 0 Å². The molecule has 0 spiro atoms. The van der Waals surface area contributed by atoms with E-state index >= 15 is 0 Å². The molecule has 0 aromatic rings. The molecular formula is C14H28N4O2. The minimum atomic E-state index is -0.0572. The molecule has 0 aromatic heterocycles. The molecule has 20 heavy (non-hydrogen) atoms. The van der Waals surface area contributed by atoms with Crippen molar-refractivity contribution >= 4 is 5.91 Å². The van der Waals surface area contributed by atoms with E-state index in [-0.39, 0.29) is 18.0 Å². The molecule has 0 radical (unpaired) electrons. The average Bonchev–Trinajstić information content (AvgIpc) is 2.90. The zero-order valence-corrected chi connectivity index (χ0v) is 12.5. The first-order valence-corrected chi connectivity index (χ1v) is 7.69. The van der Waals surface area contributed by atoms with Crippen LogP contribution in [0.4, 0.5) is 0 Å². The molecule has 116 valence electrons. The fourth-order valence-electron chi connectivity index (χ4n) is 2.95. The highest BCUT2D eigenvalue weighted by molar-refractivity contribution is 5.82. The van der Waals surface area contributed by atoms with Crippen molar-refractivity contribution in [3.63, 3.8) is 0 Å². The predicted octanol–water partition coefficient (Wildman–Crippen LogP) is -0.754. The quantitative estimate of drug-likeness (QED) is 0.628. The van der Waals surface area contributed by atoms with Crippen molar-refractivity contribution in [3.05, 3.63) is 0 Å². The Balaban J connectivity index is 1.64. The monoisotopic (exact) mass is 284 g/mol. The van der Waals surface area contributed by atoms with Crippen molar-refractivity contribution in [3.8, 4) is 0 Å². The molecule has 1 amide bonds. The summed E-state index contributed by atoms with van der Waals surface area (Å²) in [5, 5.41) is 3.22. The molecule has 0 aromatic carbocycles. The van der Waals surface area contributed by atoms with Gasteiger partial charge in [0.2, 0.25) is 5.91 Å². The molecule has 0 aliphatic carbocycles. The van der Waals surface area contributed by atoms with Gasteiger partial charge in [-0.3, -0.25) is 9.69 Å². The minimum absolute atomic E-state index is 0.0572. The number of nitrogens with two attached hydrogens (primary N) is 1. The fraction of sp³-hybridized carbons (Fsp3) is 0.929. The number of methoxy groups -OCH3 is 1. The number of carbonyl (C=O) groups excluding carboxylic acids is 1. The summed E-state index contributed by atoms with van der Waals surface area (Å²) >= 11 is 0. The van der Waals surface area contributed by atoms with E-state index in [9.17, 15) is 4.79 Å². The number of unbranched alkanes of at least 4 members (excludes halogenated alkanes) is 1. The molecular weight excluding hydrogens is 256 g/mol. The standard InChI is InChI=1S/C14H28N4O2/c1-20-9-3-2-4-17-5-7-18(8-6-17)14(19)13-10-12(15)11-16-13/h12-13,16H,2-11,15H2,1H3/t12-,13+/m1/s1. The number of hydrogen-bond acceptors (Lipinski definition) is 5. The van der Waals surface area contributed by atoms with E-state index in [4.69, 9.17) is 10.5 Å². The van der Waals surface area contributed by atoms with E-state index in [0.717, 1.165) is 58.7 Å². The summed E-state index contributed by atoms with van der Waals surface area (Å²) in [6.07, 6.45) is 3.05. The van der Waals surface area contributed by atoms with Gasteiger partial charge in [0.15, 0.2) is 0 Å². The Morgan fingerprint density at radius 1 is 1.30 bits per heavy atom. The molecule has 3 N–H and O–H groups in total. The lowest BCUT2D eigenvalue weighted by molar-refractivity contribution is -0.134. The van der Waals surface area contributed by atoms with E-state index in [2.05, 4.69) is 10.2 Å². The Hall–Kier alpha value is -0.690. The van der Waals surface area contributed by atoms with Gasteiger partial charge in [-0.2, -0.15) is 0 Å². The van der Waals surface area contributed by atoms with Gasteiger partial charge in [0.05, 0.1) is 6.04 Å². The van der Waals surface area contributed by atoms with E-state index in [1.54, 1.807) is 7.11 Å². The van der Waals surface area contributed by atoms with Crippen LogP contribution < -0.4 is 11.1 Å². The van der Waals surface area contributed by atoms with Crippen LogP contribution in [0.3, 0.4) is 0 Å². The number of ether oxygens (including phenoxy) is 1. The smallest absolute Gasteiger partial charge is 0.239 e. The van der Waals surface area contributed by atoms with Crippen LogP contribution in [0.25, 0.3) is 0 Å². The number of nitrogens with zero attached hydrogens (tertiary/aromatic N) is 2. The summed E-state index contributed by atoms with van der Waals surface area (Å²) in [5.74, 6) is 0.233. The number of nitrogens with one attached hydrogen (secondary N) is 1. The highest BCUT2D eigenvalue weighted by atomic mass is 16.5. The molecule has 2 rings (SSSR count). The van der Waals surface area contributed by atoms with Crippen LogP contribution in [0.5, 0.6) is 0 Å². The number of amides is 1. The molecule has 2 aliphatic heterocycles. The van der Waals surface area contributed by atoms with Gasteiger partial charge in [-0.05, 0) is 25.8 Å². The Morgan fingerprint density at radius 3 is 2.65 bits per heavy atom. The van der Waals surface area contributed by atoms with Crippen molar-refractivity contribution < 1.29 is 9.53 Å². The molecule has 2 atom stereocenters. The van der Waals surface area contributed by atoms with E-state index in [1.165, 1.54) is 6.42 Å². The summed E-state index contributed by atoms with van der Waals surface area (Å²) in [6, 6.07) is 0.0734. The third-order valence-electron chi connectivity index (χ3n) is 4.22. The maximum absolute atomic E-state index is 12.3. The zero-order chi connectivity index (χ0) is 14.4. The van der Waals surface area contributed by atoms with Crippen LogP contribution in [0.1, 0.15) is 19.3 Å². The first-order chi connectivity index (χ1) is 9.70. The first kappa shape index (κ1) is 15.7. The van der Waals surface area contributed by atoms with E-state index in [1.807, 2.05) is 4.90 Å². The highest BCUT2D eigenvalue weighted by Crippen LogP contribution is 2.11. The van der Waals surface area contributed by atoms with Crippen LogP contribution in [0.15, 0.2) is 0 Å². The zero-order valence-electron chi connectivity index (χ0n) is 12.5. The van der Waals surface area contributed by atoms with Gasteiger partial charge in [-0.1, -0.05) is 0 Å². The molecule has 6 nitrogen and oxygen atoms in total. The number of hydrogen-bond donors (Lipinski definition) is 2. The summed E-state index contributed by atoms with van der Waals surface area (Å²) in [4.78, 5) is 16.7. The van der Waals surface area contributed by atoms with Gasteiger partial charge in [0.25, 0.3) is 0 Å². The van der Waals surface area contributed by atoms with E-state index in [0.29, 0.717) is 0 Å². The number of carbonyl (C=O) groups is 1. The van der Waals surface area contributed by atoms with E-state index < -0.39 is 0 Å².